The molecule has 18 valence electrons. The van der Waals surface area contributed by atoms with E-state index >= 15 is 0 Å². The molecule has 4 heteroatoms. The van der Waals surface area contributed by atoms with Crippen molar-refractivity contribution in [2.24, 2.45) is 0 Å². The zero-order valence-corrected chi connectivity index (χ0v) is 12.6. The smallest absolute Gasteiger partial charge is 0 e. The molecule has 0 spiro atoms. The molecule has 0 aliphatic rings. The van der Waals surface area contributed by atoms with Gasteiger partial charge in [-0.1, -0.05) is 0 Å². The van der Waals surface area contributed by atoms with Crippen LogP contribution in [0.4, 0.5) is 0 Å². The van der Waals surface area contributed by atoms with Crippen LogP contribution in [0.15, 0.2) is 0 Å². The van der Waals surface area contributed by atoms with E-state index in [2.05, 4.69) is 0 Å². The molecular weight excluding hydrogens is 423 g/mol. The number of hydrogen-bond acceptors (Lipinski definition) is 1. The molecule has 0 fully saturated rings. The van der Waals surface area contributed by atoms with Crippen molar-refractivity contribution in [3.8, 4) is 0 Å². The van der Waals surface area contributed by atoms with E-state index < -0.39 is 0 Å². The summed E-state index contributed by atoms with van der Waals surface area (Å²) in [6, 6.07) is 0. The molecule has 0 saturated carbocycles. The molecule has 1 nitrogen and oxygen atoms in total. The normalized spacial score (nSPS) is 0.750. The van der Waals surface area contributed by atoms with Gasteiger partial charge < -0.3 is 2.85 Å². The Morgan fingerprint density at radius 2 is 1.50 bits per heavy atom. The summed E-state index contributed by atoms with van der Waals surface area (Å²) in [7, 11) is 0. The average Bonchev–Trinajstić information content (AvgIpc) is 1.00. The van der Waals surface area contributed by atoms with Gasteiger partial charge in [-0.25, -0.2) is 0 Å². The van der Waals surface area contributed by atoms with Gasteiger partial charge in [-0.2, -0.15) is 0 Å². The first-order chi connectivity index (χ1) is 1.00. The Morgan fingerprint density at radius 1 is 1.50 bits per heavy atom. The molecule has 1 radical (unpaired) electrons. The van der Waals surface area contributed by atoms with E-state index in [-0.39, 0.29) is 105 Å². The molecular formula is H2BaOTaY. The molecule has 0 bridgehead atoms. The molecule has 0 aromatic carbocycles. The first kappa shape index (κ1) is 15.7. The topological polar surface area (TPSA) is 17.1 Å². The summed E-state index contributed by atoms with van der Waals surface area (Å²) >= 11 is 0.194. The van der Waals surface area contributed by atoms with Gasteiger partial charge in [0.1, 0.15) is 0 Å². The maximum absolute atomic E-state index is 8.36. The van der Waals surface area contributed by atoms with Gasteiger partial charge in [0.15, 0.2) is 0 Å². The molecule has 0 amide bonds. The number of hydrogen-bond donors (Lipinski definition) is 0. The molecule has 0 heterocycles. The Hall–Kier alpha value is 3.22. The van der Waals surface area contributed by atoms with E-state index in [1.54, 1.807) is 0 Å². The molecule has 0 aromatic rings. The standard InChI is InChI=1S/Ba.O.Ta.Y.2H/q+2;;;;2*-1. The minimum atomic E-state index is 0. The predicted molar refractivity (Wildman–Crippen MR) is 8.66 cm³/mol. The van der Waals surface area contributed by atoms with E-state index in [9.17, 15) is 0 Å². The van der Waals surface area contributed by atoms with E-state index in [1.807, 2.05) is 0 Å². The maximum Gasteiger partial charge on any atom is 0 e. The van der Waals surface area contributed by atoms with Gasteiger partial charge >= 0.3 is 73.2 Å². The second-order valence-corrected chi connectivity index (χ2v) is 0. The fraction of sp³-hybridized carbons (Fsp3) is 0. The summed E-state index contributed by atoms with van der Waals surface area (Å²) in [4.78, 5) is 0. The third-order valence-electron chi connectivity index (χ3n) is 0. The van der Waals surface area contributed by atoms with E-state index in [0.717, 1.165) is 0 Å². The quantitative estimate of drug-likeness (QED) is 0.489. The van der Waals surface area contributed by atoms with Crippen LogP contribution in [0, 0.1) is 0 Å². The molecule has 0 aliphatic heterocycles. The van der Waals surface area contributed by atoms with Crippen LogP contribution in [0.1, 0.15) is 2.85 Å². The monoisotopic (exact) mass is 426 g/mol. The summed E-state index contributed by atoms with van der Waals surface area (Å²) in [6.07, 6.45) is 0. The summed E-state index contributed by atoms with van der Waals surface area (Å²) in [5.74, 6) is 0. The zero-order valence-electron chi connectivity index (χ0n) is 4.14. The Bertz CT molecular complexity index is 13.5. The van der Waals surface area contributed by atoms with E-state index in [0.29, 0.717) is 0 Å². The van der Waals surface area contributed by atoms with Crippen LogP contribution < -0.4 is 0 Å². The van der Waals surface area contributed by atoms with Gasteiger partial charge in [0.25, 0.3) is 0 Å². The van der Waals surface area contributed by atoms with Crippen molar-refractivity contribution in [1.82, 2.24) is 0 Å². The van der Waals surface area contributed by atoms with Gasteiger partial charge in [-0.3, -0.25) is 0 Å². The van der Waals surface area contributed by atoms with Crippen molar-refractivity contribution in [1.29, 1.82) is 0 Å². The van der Waals surface area contributed by atoms with E-state index in [4.69, 9.17) is 3.25 Å². The second kappa shape index (κ2) is 16.4. The van der Waals surface area contributed by atoms with E-state index in [1.165, 1.54) is 0 Å². The molecule has 0 saturated heterocycles. The Morgan fingerprint density at radius 3 is 1.50 bits per heavy atom. The molecule has 4 heavy (non-hydrogen) atoms. The van der Waals surface area contributed by atoms with Crippen LogP contribution in [0.5, 0.6) is 0 Å². The number of rotatable bonds is 0. The van der Waals surface area contributed by atoms with Crippen LogP contribution >= 0.6 is 0 Å². The van der Waals surface area contributed by atoms with Crippen LogP contribution in [0.25, 0.3) is 0 Å². The van der Waals surface area contributed by atoms with Crippen molar-refractivity contribution in [3.05, 3.63) is 0 Å². The SMILES string of the molecule is [Ba+2].[H-].[H-].[O]=[Ta].[Y]. The van der Waals surface area contributed by atoms with Gasteiger partial charge in [0.2, 0.25) is 0 Å². The van der Waals surface area contributed by atoms with Crippen molar-refractivity contribution >= 4 is 48.9 Å². The largest absolute Gasteiger partial charge is 0 e. The van der Waals surface area contributed by atoms with Crippen molar-refractivity contribution in [3.63, 3.8) is 0 Å². The molecule has 0 aliphatic carbocycles. The fourth-order valence-corrected chi connectivity index (χ4v) is 0. The third-order valence-corrected chi connectivity index (χ3v) is 0. The van der Waals surface area contributed by atoms with Crippen molar-refractivity contribution in [2.45, 2.75) is 0 Å². The first-order valence-electron chi connectivity index (χ1n) is 0.183. The molecule has 0 unspecified atom stereocenters. The van der Waals surface area contributed by atoms with Crippen molar-refractivity contribution in [2.75, 3.05) is 0 Å². The summed E-state index contributed by atoms with van der Waals surface area (Å²) in [5, 5.41) is 0. The fourth-order valence-electron chi connectivity index (χ4n) is 0. The molecule has 0 atom stereocenters. The molecule has 0 rings (SSSR count). The van der Waals surface area contributed by atoms with Crippen LogP contribution in [0.2, 0.25) is 0 Å². The summed E-state index contributed by atoms with van der Waals surface area (Å²) in [5.41, 5.74) is 0. The van der Waals surface area contributed by atoms with Crippen LogP contribution in [-0.2, 0) is 57.0 Å². The van der Waals surface area contributed by atoms with Crippen LogP contribution in [0.3, 0.4) is 0 Å². The Labute approximate surface area is 106 Å². The van der Waals surface area contributed by atoms with Gasteiger partial charge in [0, 0.05) is 32.7 Å². The zero-order chi connectivity index (χ0) is 2.00. The Balaban J connectivity index is -0.000000000833. The minimum Gasteiger partial charge on any atom is 0 e. The summed E-state index contributed by atoms with van der Waals surface area (Å²) < 4.78 is 8.36. The van der Waals surface area contributed by atoms with Crippen LogP contribution in [-0.4, -0.2) is 48.9 Å². The predicted octanol–water partition coefficient (Wildman–Crippen LogP) is -0.280. The Kier molecular flexibility index (Phi) is 64.1. The third kappa shape index (κ3) is 8.96. The van der Waals surface area contributed by atoms with Gasteiger partial charge in [0.05, 0.1) is 0 Å². The minimum absolute atomic E-state index is 0. The average molecular weight is 425 g/mol. The summed E-state index contributed by atoms with van der Waals surface area (Å²) in [6.45, 7) is 0. The van der Waals surface area contributed by atoms with Gasteiger partial charge in [-0.15, -0.1) is 0 Å². The van der Waals surface area contributed by atoms with Crippen molar-refractivity contribution < 1.29 is 59.9 Å². The molecule has 0 N–H and O–H groups in total. The maximum atomic E-state index is 8.36. The first-order valence-corrected chi connectivity index (χ1v) is 1.49. The molecule has 0 aromatic heterocycles. The van der Waals surface area contributed by atoms with Gasteiger partial charge in [-0.05, 0) is 0 Å². The second-order valence-electron chi connectivity index (χ2n) is 0.